The molecule has 0 amide bonds. The van der Waals surface area contributed by atoms with Gasteiger partial charge < -0.3 is 4.57 Å². The largest absolute Gasteiger partial charge is 0.309 e. The second-order valence-corrected chi connectivity index (χ2v) is 8.54. The van der Waals surface area contributed by atoms with Gasteiger partial charge in [0.15, 0.2) is 0 Å². The van der Waals surface area contributed by atoms with Gasteiger partial charge in [0.2, 0.25) is 0 Å². The van der Waals surface area contributed by atoms with E-state index in [1.165, 1.54) is 49.4 Å². The van der Waals surface area contributed by atoms with Crippen LogP contribution in [0.5, 0.6) is 0 Å². The van der Waals surface area contributed by atoms with Gasteiger partial charge in [-0.2, -0.15) is 0 Å². The van der Waals surface area contributed by atoms with Crippen molar-refractivity contribution in [2.24, 2.45) is 0 Å². The molecule has 0 saturated carbocycles. The molecule has 0 aliphatic heterocycles. The van der Waals surface area contributed by atoms with Gasteiger partial charge in [-0.3, -0.25) is 0 Å². The zero-order chi connectivity index (χ0) is 20.9. The number of rotatable bonds is 2. The molecule has 6 aromatic rings. The van der Waals surface area contributed by atoms with E-state index < -0.39 is 0 Å². The third-order valence-corrected chi connectivity index (χ3v) is 6.26. The molecule has 6 rings (SSSR count). The Kier molecular flexibility index (Phi) is 4.12. The normalized spacial score (nSPS) is 11.5. The van der Waals surface area contributed by atoms with Crippen LogP contribution in [0.4, 0.5) is 0 Å². The van der Waals surface area contributed by atoms with Crippen LogP contribution in [-0.2, 0) is 0 Å². The smallest absolute Gasteiger partial charge is 0.0547 e. The van der Waals surface area contributed by atoms with Crippen molar-refractivity contribution in [1.82, 2.24) is 4.57 Å². The Hall–Kier alpha value is -3.55. The van der Waals surface area contributed by atoms with E-state index in [1.54, 1.807) is 0 Å². The van der Waals surface area contributed by atoms with Crippen molar-refractivity contribution in [3.05, 3.63) is 114 Å². The van der Waals surface area contributed by atoms with Crippen LogP contribution in [0, 0.1) is 6.92 Å². The SMILES string of the molecule is Cc1cc(Cl)cc(-c2ccc3c(c2)c2c4ccccc4ccc2n3-c2ccccc2)c1. The molecule has 0 fully saturated rings. The molecular formula is C29H20ClN. The number of hydrogen-bond acceptors (Lipinski definition) is 0. The number of aryl methyl sites for hydroxylation is 1. The molecule has 1 nitrogen and oxygen atoms in total. The predicted molar refractivity (Wildman–Crippen MR) is 133 cm³/mol. The lowest BCUT2D eigenvalue weighted by atomic mass is 9.99. The van der Waals surface area contributed by atoms with Gasteiger partial charge in [-0.1, -0.05) is 72.3 Å². The van der Waals surface area contributed by atoms with Crippen LogP contribution >= 0.6 is 11.6 Å². The molecule has 1 aromatic heterocycles. The van der Waals surface area contributed by atoms with Crippen molar-refractivity contribution in [3.63, 3.8) is 0 Å². The van der Waals surface area contributed by atoms with Gasteiger partial charge in [-0.25, -0.2) is 0 Å². The van der Waals surface area contributed by atoms with Crippen molar-refractivity contribution in [3.8, 4) is 16.8 Å². The molecular weight excluding hydrogens is 398 g/mol. The van der Waals surface area contributed by atoms with Crippen molar-refractivity contribution in [2.75, 3.05) is 0 Å². The molecule has 0 atom stereocenters. The molecule has 1 heterocycles. The summed E-state index contributed by atoms with van der Waals surface area (Å²) in [5, 5.41) is 5.85. The third kappa shape index (κ3) is 2.93. The minimum Gasteiger partial charge on any atom is -0.309 e. The Morgan fingerprint density at radius 2 is 1.39 bits per heavy atom. The van der Waals surface area contributed by atoms with E-state index in [9.17, 15) is 0 Å². The van der Waals surface area contributed by atoms with Crippen molar-refractivity contribution < 1.29 is 0 Å². The highest BCUT2D eigenvalue weighted by atomic mass is 35.5. The van der Waals surface area contributed by atoms with Crippen molar-refractivity contribution in [2.45, 2.75) is 6.92 Å². The molecule has 0 unspecified atom stereocenters. The van der Waals surface area contributed by atoms with E-state index in [0.717, 1.165) is 10.6 Å². The highest BCUT2D eigenvalue weighted by molar-refractivity contribution is 6.31. The van der Waals surface area contributed by atoms with Crippen LogP contribution in [0.15, 0.2) is 103 Å². The molecule has 0 spiro atoms. The zero-order valence-corrected chi connectivity index (χ0v) is 17.9. The highest BCUT2D eigenvalue weighted by Gasteiger charge is 2.15. The van der Waals surface area contributed by atoms with Crippen LogP contribution in [0.2, 0.25) is 5.02 Å². The number of hydrogen-bond donors (Lipinski definition) is 0. The fourth-order valence-corrected chi connectivity index (χ4v) is 5.02. The van der Waals surface area contributed by atoms with Crippen molar-refractivity contribution in [1.29, 1.82) is 0 Å². The molecule has 0 N–H and O–H groups in total. The molecule has 5 aromatic carbocycles. The summed E-state index contributed by atoms with van der Waals surface area (Å²) in [5.74, 6) is 0. The van der Waals surface area contributed by atoms with Crippen molar-refractivity contribution >= 4 is 44.2 Å². The number of nitrogens with zero attached hydrogens (tertiary/aromatic N) is 1. The van der Waals surface area contributed by atoms with E-state index in [-0.39, 0.29) is 0 Å². The second kappa shape index (κ2) is 7.01. The van der Waals surface area contributed by atoms with E-state index in [4.69, 9.17) is 11.6 Å². The minimum absolute atomic E-state index is 0.771. The average molecular weight is 418 g/mol. The Morgan fingerprint density at radius 1 is 0.613 bits per heavy atom. The first-order valence-corrected chi connectivity index (χ1v) is 10.9. The molecule has 0 bridgehead atoms. The number of fused-ring (bicyclic) bond motifs is 5. The lowest BCUT2D eigenvalue weighted by Gasteiger charge is -2.08. The first kappa shape index (κ1) is 18.2. The van der Waals surface area contributed by atoms with Gasteiger partial charge in [-0.15, -0.1) is 0 Å². The summed E-state index contributed by atoms with van der Waals surface area (Å²) >= 11 is 6.37. The molecule has 0 saturated heterocycles. The lowest BCUT2D eigenvalue weighted by molar-refractivity contribution is 1.18. The molecule has 148 valence electrons. The summed E-state index contributed by atoms with van der Waals surface area (Å²) in [6.07, 6.45) is 0. The Labute approximate surface area is 186 Å². The molecule has 0 radical (unpaired) electrons. The Morgan fingerprint density at radius 3 is 2.23 bits per heavy atom. The zero-order valence-electron chi connectivity index (χ0n) is 17.1. The maximum absolute atomic E-state index is 6.37. The van der Waals surface area contributed by atoms with E-state index >= 15 is 0 Å². The van der Waals surface area contributed by atoms with E-state index in [0.29, 0.717) is 0 Å². The van der Waals surface area contributed by atoms with E-state index in [2.05, 4.69) is 102 Å². The summed E-state index contributed by atoms with van der Waals surface area (Å²) in [6, 6.07) is 36.7. The topological polar surface area (TPSA) is 4.93 Å². The molecule has 0 aliphatic rings. The van der Waals surface area contributed by atoms with Crippen LogP contribution in [0.3, 0.4) is 0 Å². The summed E-state index contributed by atoms with van der Waals surface area (Å²) in [6.45, 7) is 2.09. The predicted octanol–water partition coefficient (Wildman–Crippen LogP) is 8.57. The average Bonchev–Trinajstić information content (AvgIpc) is 3.13. The summed E-state index contributed by atoms with van der Waals surface area (Å²) in [5.41, 5.74) is 7.09. The van der Waals surface area contributed by atoms with Crippen LogP contribution in [-0.4, -0.2) is 4.57 Å². The summed E-state index contributed by atoms with van der Waals surface area (Å²) in [4.78, 5) is 0. The highest BCUT2D eigenvalue weighted by Crippen LogP contribution is 2.39. The quantitative estimate of drug-likeness (QED) is 0.266. The number of halogens is 1. The molecule has 31 heavy (non-hydrogen) atoms. The monoisotopic (exact) mass is 417 g/mol. The van der Waals surface area contributed by atoms with Gasteiger partial charge in [0.1, 0.15) is 0 Å². The summed E-state index contributed by atoms with van der Waals surface area (Å²) < 4.78 is 2.37. The first-order chi connectivity index (χ1) is 15.2. The minimum atomic E-state index is 0.771. The fraction of sp³-hybridized carbons (Fsp3) is 0.0345. The van der Waals surface area contributed by atoms with Gasteiger partial charge in [0.25, 0.3) is 0 Å². The number of benzene rings is 5. The van der Waals surface area contributed by atoms with Crippen LogP contribution in [0.25, 0.3) is 49.4 Å². The van der Waals surface area contributed by atoms with Crippen LogP contribution < -0.4 is 0 Å². The molecule has 2 heteroatoms. The fourth-order valence-electron chi connectivity index (χ4n) is 4.73. The Balaban J connectivity index is 1.76. The van der Waals surface area contributed by atoms with Crippen LogP contribution in [0.1, 0.15) is 5.56 Å². The second-order valence-electron chi connectivity index (χ2n) is 8.10. The van der Waals surface area contributed by atoms with Gasteiger partial charge in [-0.05, 0) is 76.9 Å². The standard InChI is InChI=1S/C29H20ClN/c1-19-15-22(17-23(30)16-19)21-12-13-27-26(18-21)29-25-10-6-5-7-20(25)11-14-28(29)31(27)24-8-3-2-4-9-24/h2-18H,1H3. The number of aromatic nitrogens is 1. The van der Waals surface area contributed by atoms with Gasteiger partial charge >= 0.3 is 0 Å². The Bertz CT molecular complexity index is 1570. The lowest BCUT2D eigenvalue weighted by Crippen LogP contribution is -1.93. The third-order valence-electron chi connectivity index (χ3n) is 6.04. The summed E-state index contributed by atoms with van der Waals surface area (Å²) in [7, 11) is 0. The number of para-hydroxylation sites is 1. The van der Waals surface area contributed by atoms with E-state index in [1.807, 2.05) is 12.1 Å². The first-order valence-electron chi connectivity index (χ1n) is 10.5. The maximum atomic E-state index is 6.37. The molecule has 0 aliphatic carbocycles. The van der Waals surface area contributed by atoms with Gasteiger partial charge in [0.05, 0.1) is 11.0 Å². The maximum Gasteiger partial charge on any atom is 0.0547 e. The van der Waals surface area contributed by atoms with Gasteiger partial charge in [0, 0.05) is 21.5 Å².